The molecule has 1 atom stereocenters. The summed E-state index contributed by atoms with van der Waals surface area (Å²) in [5, 5.41) is 3.63. The Morgan fingerprint density at radius 1 is 1.15 bits per heavy atom. The van der Waals surface area contributed by atoms with E-state index in [2.05, 4.69) is 12.2 Å². The fourth-order valence-electron chi connectivity index (χ4n) is 2.55. The maximum Gasteiger partial charge on any atom is 0.00683 e. The second-order valence-electron chi connectivity index (χ2n) is 5.17. The highest BCUT2D eigenvalue weighted by Crippen LogP contribution is 2.30. The van der Waals surface area contributed by atoms with Gasteiger partial charge in [0.25, 0.3) is 0 Å². The van der Waals surface area contributed by atoms with Crippen LogP contribution in [0.2, 0.25) is 0 Å². The van der Waals surface area contributed by atoms with Gasteiger partial charge in [-0.15, -0.1) is 0 Å². The van der Waals surface area contributed by atoms with Gasteiger partial charge in [0, 0.05) is 6.04 Å². The molecule has 13 heavy (non-hydrogen) atoms. The summed E-state index contributed by atoms with van der Waals surface area (Å²) >= 11 is 0. The zero-order chi connectivity index (χ0) is 9.10. The summed E-state index contributed by atoms with van der Waals surface area (Å²) in [5.41, 5.74) is 0. The van der Waals surface area contributed by atoms with Crippen LogP contribution < -0.4 is 5.32 Å². The smallest absolute Gasteiger partial charge is 0.00683 e. The third-order valence-corrected chi connectivity index (χ3v) is 3.54. The maximum absolute atomic E-state index is 3.63. The Morgan fingerprint density at radius 3 is 2.46 bits per heavy atom. The van der Waals surface area contributed by atoms with Gasteiger partial charge in [0.2, 0.25) is 0 Å². The molecule has 2 aliphatic carbocycles. The van der Waals surface area contributed by atoms with Crippen molar-refractivity contribution in [2.24, 2.45) is 11.8 Å². The minimum Gasteiger partial charge on any atom is -0.314 e. The summed E-state index contributed by atoms with van der Waals surface area (Å²) in [7, 11) is 0. The lowest BCUT2D eigenvalue weighted by Crippen LogP contribution is -2.24. The van der Waals surface area contributed by atoms with Crippen LogP contribution in [-0.2, 0) is 0 Å². The molecule has 0 spiro atoms. The Hall–Kier alpha value is -0.0400. The lowest BCUT2D eigenvalue weighted by atomic mass is 9.94. The van der Waals surface area contributed by atoms with Crippen molar-refractivity contribution in [3.8, 4) is 0 Å². The zero-order valence-electron chi connectivity index (χ0n) is 8.89. The Balaban J connectivity index is 1.56. The van der Waals surface area contributed by atoms with E-state index in [1.165, 1.54) is 51.5 Å². The number of nitrogens with one attached hydrogen (secondary N) is 1. The first-order valence-electron chi connectivity index (χ1n) is 6.08. The van der Waals surface area contributed by atoms with Crippen LogP contribution in [0, 0.1) is 11.8 Å². The minimum atomic E-state index is 0.894. The molecule has 0 amide bonds. The summed E-state index contributed by atoms with van der Waals surface area (Å²) in [6.45, 7) is 3.68. The summed E-state index contributed by atoms with van der Waals surface area (Å²) in [5.74, 6) is 1.97. The summed E-state index contributed by atoms with van der Waals surface area (Å²) < 4.78 is 0. The van der Waals surface area contributed by atoms with Gasteiger partial charge >= 0.3 is 0 Å². The predicted octanol–water partition coefficient (Wildman–Crippen LogP) is 2.95. The highest BCUT2D eigenvalue weighted by atomic mass is 14.9. The molecule has 1 N–H and O–H groups in total. The molecule has 0 aromatic rings. The van der Waals surface area contributed by atoms with Gasteiger partial charge in [-0.2, -0.15) is 0 Å². The van der Waals surface area contributed by atoms with E-state index < -0.39 is 0 Å². The van der Waals surface area contributed by atoms with E-state index in [0.717, 1.165) is 17.9 Å². The zero-order valence-corrected chi connectivity index (χ0v) is 8.89. The van der Waals surface area contributed by atoms with Gasteiger partial charge in [-0.05, 0) is 37.6 Å². The highest BCUT2D eigenvalue weighted by Gasteiger charge is 2.22. The molecule has 2 fully saturated rings. The molecular formula is C12H23N. The molecule has 0 heterocycles. The van der Waals surface area contributed by atoms with Crippen LogP contribution in [0.15, 0.2) is 0 Å². The average molecular weight is 181 g/mol. The molecule has 76 valence electrons. The molecule has 1 heteroatoms. The van der Waals surface area contributed by atoms with Crippen LogP contribution in [0.25, 0.3) is 0 Å². The van der Waals surface area contributed by atoms with Crippen LogP contribution in [0.4, 0.5) is 0 Å². The van der Waals surface area contributed by atoms with Gasteiger partial charge < -0.3 is 5.32 Å². The van der Waals surface area contributed by atoms with Gasteiger partial charge in [0.05, 0.1) is 0 Å². The first kappa shape index (κ1) is 9.51. The third kappa shape index (κ3) is 3.30. The van der Waals surface area contributed by atoms with Crippen molar-refractivity contribution in [2.45, 2.75) is 57.9 Å². The van der Waals surface area contributed by atoms with Crippen molar-refractivity contribution in [1.29, 1.82) is 0 Å². The molecule has 0 radical (unpaired) electrons. The van der Waals surface area contributed by atoms with E-state index in [1.807, 2.05) is 0 Å². The first-order valence-corrected chi connectivity index (χ1v) is 6.08. The molecule has 2 saturated carbocycles. The largest absolute Gasteiger partial charge is 0.314 e. The highest BCUT2D eigenvalue weighted by molar-refractivity contribution is 4.81. The van der Waals surface area contributed by atoms with Crippen LogP contribution in [0.3, 0.4) is 0 Å². The first-order chi connectivity index (χ1) is 6.34. The molecule has 0 aromatic carbocycles. The quantitative estimate of drug-likeness (QED) is 0.687. The standard InChI is InChI=1S/C12H23N/c1-10(9-13-12-6-7-12)8-11-4-2-3-5-11/h10-13H,2-9H2,1H3. The Bertz CT molecular complexity index is 145. The number of rotatable bonds is 5. The minimum absolute atomic E-state index is 0.894. The van der Waals surface area contributed by atoms with E-state index in [-0.39, 0.29) is 0 Å². The normalized spacial score (nSPS) is 26.5. The van der Waals surface area contributed by atoms with Crippen molar-refractivity contribution in [1.82, 2.24) is 5.32 Å². The van der Waals surface area contributed by atoms with E-state index in [9.17, 15) is 0 Å². The molecule has 2 rings (SSSR count). The Kier molecular flexibility index (Phi) is 3.26. The topological polar surface area (TPSA) is 12.0 Å². The van der Waals surface area contributed by atoms with Crippen molar-refractivity contribution in [3.63, 3.8) is 0 Å². The van der Waals surface area contributed by atoms with Gasteiger partial charge in [-0.1, -0.05) is 32.6 Å². The van der Waals surface area contributed by atoms with Gasteiger partial charge in [0.1, 0.15) is 0 Å². The Morgan fingerprint density at radius 2 is 1.85 bits per heavy atom. The van der Waals surface area contributed by atoms with E-state index in [4.69, 9.17) is 0 Å². The number of hydrogen-bond donors (Lipinski definition) is 1. The lowest BCUT2D eigenvalue weighted by Gasteiger charge is -2.16. The van der Waals surface area contributed by atoms with Gasteiger partial charge in [-0.25, -0.2) is 0 Å². The van der Waals surface area contributed by atoms with Crippen molar-refractivity contribution in [2.75, 3.05) is 6.54 Å². The molecule has 2 aliphatic rings. The van der Waals surface area contributed by atoms with Crippen LogP contribution >= 0.6 is 0 Å². The third-order valence-electron chi connectivity index (χ3n) is 3.54. The van der Waals surface area contributed by atoms with Crippen LogP contribution in [-0.4, -0.2) is 12.6 Å². The van der Waals surface area contributed by atoms with Crippen LogP contribution in [0.5, 0.6) is 0 Å². The summed E-state index contributed by atoms with van der Waals surface area (Å²) in [6.07, 6.45) is 10.3. The maximum atomic E-state index is 3.63. The second kappa shape index (κ2) is 4.45. The molecule has 0 aromatic heterocycles. The van der Waals surface area contributed by atoms with Crippen LogP contribution in [0.1, 0.15) is 51.9 Å². The molecule has 0 saturated heterocycles. The van der Waals surface area contributed by atoms with Crippen molar-refractivity contribution in [3.05, 3.63) is 0 Å². The van der Waals surface area contributed by atoms with E-state index in [0.29, 0.717) is 0 Å². The molecule has 1 unspecified atom stereocenters. The lowest BCUT2D eigenvalue weighted by molar-refractivity contribution is 0.380. The van der Waals surface area contributed by atoms with Gasteiger partial charge in [-0.3, -0.25) is 0 Å². The molecule has 0 aliphatic heterocycles. The summed E-state index contributed by atoms with van der Waals surface area (Å²) in [4.78, 5) is 0. The monoisotopic (exact) mass is 181 g/mol. The number of hydrogen-bond acceptors (Lipinski definition) is 1. The van der Waals surface area contributed by atoms with E-state index in [1.54, 1.807) is 0 Å². The molecule has 0 bridgehead atoms. The fraction of sp³-hybridized carbons (Fsp3) is 1.00. The van der Waals surface area contributed by atoms with Crippen molar-refractivity contribution >= 4 is 0 Å². The fourth-order valence-corrected chi connectivity index (χ4v) is 2.55. The SMILES string of the molecule is CC(CNC1CC1)CC1CCCC1. The summed E-state index contributed by atoms with van der Waals surface area (Å²) in [6, 6.07) is 0.894. The van der Waals surface area contributed by atoms with Crippen molar-refractivity contribution < 1.29 is 0 Å². The predicted molar refractivity (Wildman–Crippen MR) is 56.8 cm³/mol. The van der Waals surface area contributed by atoms with Gasteiger partial charge in [0.15, 0.2) is 0 Å². The molecule has 1 nitrogen and oxygen atoms in total. The average Bonchev–Trinajstić information content (AvgIpc) is 2.82. The Labute approximate surface area is 82.3 Å². The molecular weight excluding hydrogens is 158 g/mol. The van der Waals surface area contributed by atoms with E-state index >= 15 is 0 Å². The second-order valence-corrected chi connectivity index (χ2v) is 5.17.